The maximum absolute atomic E-state index is 12.0. The predicted octanol–water partition coefficient (Wildman–Crippen LogP) is 4.55. The van der Waals surface area contributed by atoms with Crippen LogP contribution in [0, 0.1) is 0 Å². The number of aliphatic imine (C=N–C) groups is 1. The van der Waals surface area contributed by atoms with Gasteiger partial charge in [0.1, 0.15) is 10.6 Å². The van der Waals surface area contributed by atoms with Gasteiger partial charge >= 0.3 is 5.97 Å². The zero-order valence-electron chi connectivity index (χ0n) is 15.3. The van der Waals surface area contributed by atoms with E-state index < -0.39 is 0 Å². The van der Waals surface area contributed by atoms with Gasteiger partial charge in [-0.05, 0) is 65.5 Å². The number of morpholine rings is 1. The Hall–Kier alpha value is -2.96. The molecule has 0 bridgehead atoms. The molecule has 0 spiro atoms. The van der Waals surface area contributed by atoms with E-state index in [4.69, 9.17) is 9.47 Å². The van der Waals surface area contributed by atoms with E-state index in [2.05, 4.69) is 22.0 Å². The lowest BCUT2D eigenvalue weighted by atomic mass is 10.2. The van der Waals surface area contributed by atoms with Gasteiger partial charge in [0.15, 0.2) is 0 Å². The molecule has 0 atom stereocenters. The number of thiophene rings is 1. The Bertz CT molecular complexity index is 929. The van der Waals surface area contributed by atoms with Crippen molar-refractivity contribution >= 4 is 34.9 Å². The highest BCUT2D eigenvalue weighted by Gasteiger charge is 2.11. The van der Waals surface area contributed by atoms with Crippen molar-refractivity contribution in [2.24, 2.45) is 4.99 Å². The normalized spacial score (nSPS) is 14.4. The van der Waals surface area contributed by atoms with Gasteiger partial charge in [-0.1, -0.05) is 6.07 Å². The minimum atomic E-state index is -0.336. The molecule has 0 amide bonds. The molecule has 142 valence electrons. The van der Waals surface area contributed by atoms with Crippen molar-refractivity contribution in [3.05, 3.63) is 76.5 Å². The molecule has 1 fully saturated rings. The molecule has 2 heterocycles. The summed E-state index contributed by atoms with van der Waals surface area (Å²) in [6.45, 7) is 3.40. The Morgan fingerprint density at radius 3 is 2.46 bits per heavy atom. The molecule has 3 aromatic rings. The van der Waals surface area contributed by atoms with Crippen molar-refractivity contribution in [3.63, 3.8) is 0 Å². The number of esters is 1. The van der Waals surface area contributed by atoms with Crippen LogP contribution in [0.1, 0.15) is 15.2 Å². The molecule has 0 radical (unpaired) electrons. The summed E-state index contributed by atoms with van der Waals surface area (Å²) in [7, 11) is 0. The standard InChI is InChI=1S/C22H20N2O3S/c25-22(21-2-1-15-28-21)27-20-9-3-17(4-10-20)16-23-18-5-7-19(8-6-18)24-11-13-26-14-12-24/h1-10,15-16H,11-14H2. The molecule has 0 N–H and O–H groups in total. The minimum Gasteiger partial charge on any atom is -0.422 e. The van der Waals surface area contributed by atoms with Gasteiger partial charge in [-0.15, -0.1) is 11.3 Å². The van der Waals surface area contributed by atoms with Crippen LogP contribution in [-0.4, -0.2) is 38.5 Å². The first kappa shape index (κ1) is 18.4. The Morgan fingerprint density at radius 1 is 1.04 bits per heavy atom. The lowest BCUT2D eigenvalue weighted by molar-refractivity contribution is 0.0740. The molecule has 0 aliphatic carbocycles. The summed E-state index contributed by atoms with van der Waals surface area (Å²) in [5, 5.41) is 1.85. The fourth-order valence-electron chi connectivity index (χ4n) is 2.89. The Labute approximate surface area is 167 Å². The van der Waals surface area contributed by atoms with Crippen LogP contribution >= 0.6 is 11.3 Å². The second-order valence-corrected chi connectivity index (χ2v) is 7.26. The van der Waals surface area contributed by atoms with Gasteiger partial charge in [-0.25, -0.2) is 4.79 Å². The highest BCUT2D eigenvalue weighted by Crippen LogP contribution is 2.21. The van der Waals surface area contributed by atoms with Crippen LogP contribution in [0.15, 0.2) is 71.0 Å². The fraction of sp³-hybridized carbons (Fsp3) is 0.182. The molecule has 0 saturated carbocycles. The number of anilines is 1. The van der Waals surface area contributed by atoms with E-state index in [0.717, 1.165) is 37.6 Å². The Kier molecular flexibility index (Phi) is 5.80. The first-order valence-electron chi connectivity index (χ1n) is 9.10. The summed E-state index contributed by atoms with van der Waals surface area (Å²) in [6.07, 6.45) is 1.80. The smallest absolute Gasteiger partial charge is 0.353 e. The second kappa shape index (κ2) is 8.82. The average molecular weight is 392 g/mol. The largest absolute Gasteiger partial charge is 0.422 e. The van der Waals surface area contributed by atoms with E-state index in [1.54, 1.807) is 24.4 Å². The molecular formula is C22H20N2O3S. The van der Waals surface area contributed by atoms with Crippen molar-refractivity contribution in [2.45, 2.75) is 0 Å². The minimum absolute atomic E-state index is 0.336. The van der Waals surface area contributed by atoms with Gasteiger partial charge in [-0.3, -0.25) is 4.99 Å². The van der Waals surface area contributed by atoms with E-state index in [-0.39, 0.29) is 5.97 Å². The van der Waals surface area contributed by atoms with Crippen LogP contribution in [0.5, 0.6) is 5.75 Å². The van der Waals surface area contributed by atoms with Crippen LogP contribution in [0.3, 0.4) is 0 Å². The predicted molar refractivity (Wildman–Crippen MR) is 112 cm³/mol. The van der Waals surface area contributed by atoms with Crippen molar-refractivity contribution in [1.29, 1.82) is 0 Å². The molecule has 2 aromatic carbocycles. The van der Waals surface area contributed by atoms with Gasteiger partial charge in [-0.2, -0.15) is 0 Å². The molecule has 1 saturated heterocycles. The zero-order valence-corrected chi connectivity index (χ0v) is 16.1. The topological polar surface area (TPSA) is 51.1 Å². The molecule has 5 nitrogen and oxygen atoms in total. The van der Waals surface area contributed by atoms with Crippen LogP contribution in [0.2, 0.25) is 0 Å². The lowest BCUT2D eigenvalue weighted by Gasteiger charge is -2.28. The molecule has 0 unspecified atom stereocenters. The SMILES string of the molecule is O=C(Oc1ccc(C=Nc2ccc(N3CCOCC3)cc2)cc1)c1cccs1. The first-order valence-corrected chi connectivity index (χ1v) is 9.98. The third kappa shape index (κ3) is 4.65. The molecule has 1 aliphatic rings. The number of carbonyl (C=O) groups excluding carboxylic acids is 1. The number of rotatable bonds is 5. The van der Waals surface area contributed by atoms with Crippen LogP contribution < -0.4 is 9.64 Å². The van der Waals surface area contributed by atoms with Gasteiger partial charge in [0.25, 0.3) is 0 Å². The number of nitrogens with zero attached hydrogens (tertiary/aromatic N) is 2. The van der Waals surface area contributed by atoms with E-state index >= 15 is 0 Å². The molecule has 28 heavy (non-hydrogen) atoms. The quantitative estimate of drug-likeness (QED) is 0.363. The highest BCUT2D eigenvalue weighted by molar-refractivity contribution is 7.12. The third-order valence-electron chi connectivity index (χ3n) is 4.40. The van der Waals surface area contributed by atoms with E-state index in [0.29, 0.717) is 10.6 Å². The first-order chi connectivity index (χ1) is 13.8. The van der Waals surface area contributed by atoms with Crippen LogP contribution in [-0.2, 0) is 4.74 Å². The van der Waals surface area contributed by atoms with Gasteiger partial charge < -0.3 is 14.4 Å². The lowest BCUT2D eigenvalue weighted by Crippen LogP contribution is -2.36. The van der Waals surface area contributed by atoms with Gasteiger partial charge in [0, 0.05) is 25.0 Å². The van der Waals surface area contributed by atoms with Crippen molar-refractivity contribution < 1.29 is 14.3 Å². The van der Waals surface area contributed by atoms with Crippen molar-refractivity contribution in [3.8, 4) is 5.75 Å². The molecular weight excluding hydrogens is 372 g/mol. The Morgan fingerprint density at radius 2 is 1.79 bits per heavy atom. The summed E-state index contributed by atoms with van der Waals surface area (Å²) >= 11 is 1.36. The number of ether oxygens (including phenoxy) is 2. The maximum Gasteiger partial charge on any atom is 0.353 e. The highest BCUT2D eigenvalue weighted by atomic mass is 32.1. The summed E-state index contributed by atoms with van der Waals surface area (Å²) in [6, 6.07) is 19.1. The molecule has 6 heteroatoms. The summed E-state index contributed by atoms with van der Waals surface area (Å²) in [5.74, 6) is 0.183. The Balaban J connectivity index is 1.36. The second-order valence-electron chi connectivity index (χ2n) is 6.31. The zero-order chi connectivity index (χ0) is 19.2. The summed E-state index contributed by atoms with van der Waals surface area (Å²) in [5.41, 5.74) is 3.03. The van der Waals surface area contributed by atoms with Gasteiger partial charge in [0.05, 0.1) is 18.9 Å². The maximum atomic E-state index is 12.0. The molecule has 4 rings (SSSR count). The van der Waals surface area contributed by atoms with E-state index in [1.165, 1.54) is 17.0 Å². The fourth-order valence-corrected chi connectivity index (χ4v) is 3.49. The summed E-state index contributed by atoms with van der Waals surface area (Å²) in [4.78, 5) is 19.4. The van der Waals surface area contributed by atoms with Gasteiger partial charge in [0.2, 0.25) is 0 Å². The van der Waals surface area contributed by atoms with Crippen molar-refractivity contribution in [1.82, 2.24) is 0 Å². The third-order valence-corrected chi connectivity index (χ3v) is 5.25. The monoisotopic (exact) mass is 392 g/mol. The number of hydrogen-bond donors (Lipinski definition) is 0. The molecule has 1 aromatic heterocycles. The van der Waals surface area contributed by atoms with E-state index in [9.17, 15) is 4.79 Å². The van der Waals surface area contributed by atoms with Crippen LogP contribution in [0.25, 0.3) is 0 Å². The van der Waals surface area contributed by atoms with Crippen LogP contribution in [0.4, 0.5) is 11.4 Å². The average Bonchev–Trinajstić information content (AvgIpc) is 3.29. The number of benzene rings is 2. The van der Waals surface area contributed by atoms with Crippen molar-refractivity contribution in [2.75, 3.05) is 31.2 Å². The number of carbonyl (C=O) groups is 1. The summed E-state index contributed by atoms with van der Waals surface area (Å²) < 4.78 is 10.7. The number of hydrogen-bond acceptors (Lipinski definition) is 6. The molecule has 1 aliphatic heterocycles. The van der Waals surface area contributed by atoms with E-state index in [1.807, 2.05) is 35.7 Å².